The highest BCUT2D eigenvalue weighted by atomic mass is 16.2. The number of amides is 3. The maximum Gasteiger partial charge on any atom is 0.315 e. The molecule has 138 valence electrons. The molecule has 1 aliphatic carbocycles. The Hall–Kier alpha value is -3.33. The Morgan fingerprint density at radius 3 is 2.48 bits per heavy atom. The average Bonchev–Trinajstić information content (AvgIpc) is 3.17. The molecule has 1 fully saturated rings. The van der Waals surface area contributed by atoms with Crippen molar-refractivity contribution in [2.24, 2.45) is 0 Å². The van der Waals surface area contributed by atoms with Crippen molar-refractivity contribution in [2.45, 2.75) is 37.8 Å². The monoisotopic (exact) mass is 362 g/mol. The molecule has 1 saturated carbocycles. The van der Waals surface area contributed by atoms with Crippen molar-refractivity contribution >= 4 is 17.6 Å². The van der Waals surface area contributed by atoms with E-state index in [1.54, 1.807) is 24.3 Å². The first-order valence-corrected chi connectivity index (χ1v) is 9.03. The van der Waals surface area contributed by atoms with Gasteiger partial charge in [-0.2, -0.15) is 5.26 Å². The number of urea groups is 1. The van der Waals surface area contributed by atoms with E-state index in [4.69, 9.17) is 5.26 Å². The Morgan fingerprint density at radius 1 is 1.04 bits per heavy atom. The van der Waals surface area contributed by atoms with Crippen LogP contribution in [0, 0.1) is 11.3 Å². The lowest BCUT2D eigenvalue weighted by atomic mass is 9.96. The van der Waals surface area contributed by atoms with Gasteiger partial charge in [0, 0.05) is 12.2 Å². The Balaban J connectivity index is 1.64. The molecule has 0 aliphatic heterocycles. The van der Waals surface area contributed by atoms with E-state index >= 15 is 0 Å². The zero-order valence-corrected chi connectivity index (χ0v) is 15.0. The summed E-state index contributed by atoms with van der Waals surface area (Å²) in [7, 11) is 0. The molecule has 1 aliphatic rings. The van der Waals surface area contributed by atoms with Gasteiger partial charge in [0.2, 0.25) is 5.91 Å². The van der Waals surface area contributed by atoms with E-state index in [0.717, 1.165) is 18.4 Å². The van der Waals surface area contributed by atoms with Crippen molar-refractivity contribution in [1.29, 1.82) is 5.26 Å². The van der Waals surface area contributed by atoms with Gasteiger partial charge in [0.25, 0.3) is 0 Å². The molecular formula is C21H22N4O2. The summed E-state index contributed by atoms with van der Waals surface area (Å²) in [6.45, 7) is 0.397. The van der Waals surface area contributed by atoms with Crippen LogP contribution >= 0.6 is 0 Å². The standard InChI is InChI=1S/C21H22N4O2/c22-14-17-9-6-10-18(13-17)24-19(26)21(11-4-5-12-21)25-20(27)23-15-16-7-2-1-3-8-16/h1-3,6-10,13H,4-5,11-12,15H2,(H,24,26)(H2,23,25,27). The van der Waals surface area contributed by atoms with Gasteiger partial charge in [-0.3, -0.25) is 4.79 Å². The van der Waals surface area contributed by atoms with Crippen molar-refractivity contribution in [3.05, 3.63) is 65.7 Å². The molecule has 0 saturated heterocycles. The molecule has 0 heterocycles. The minimum Gasteiger partial charge on any atom is -0.334 e. The van der Waals surface area contributed by atoms with E-state index < -0.39 is 5.54 Å². The maximum atomic E-state index is 12.9. The van der Waals surface area contributed by atoms with Gasteiger partial charge in [0.15, 0.2) is 0 Å². The lowest BCUT2D eigenvalue weighted by molar-refractivity contribution is -0.121. The van der Waals surface area contributed by atoms with Crippen LogP contribution < -0.4 is 16.0 Å². The molecule has 27 heavy (non-hydrogen) atoms. The molecule has 6 nitrogen and oxygen atoms in total. The van der Waals surface area contributed by atoms with Gasteiger partial charge in [-0.25, -0.2) is 4.79 Å². The van der Waals surface area contributed by atoms with E-state index in [9.17, 15) is 9.59 Å². The Morgan fingerprint density at radius 2 is 1.78 bits per heavy atom. The molecule has 0 radical (unpaired) electrons. The predicted molar refractivity (Wildman–Crippen MR) is 103 cm³/mol. The number of carbonyl (C=O) groups excluding carboxylic acids is 2. The quantitative estimate of drug-likeness (QED) is 0.762. The van der Waals surface area contributed by atoms with Gasteiger partial charge in [0.05, 0.1) is 11.6 Å². The third-order valence-corrected chi connectivity index (χ3v) is 4.79. The average molecular weight is 362 g/mol. The van der Waals surface area contributed by atoms with Crippen LogP contribution in [0.1, 0.15) is 36.8 Å². The van der Waals surface area contributed by atoms with Gasteiger partial charge < -0.3 is 16.0 Å². The number of hydrogen-bond donors (Lipinski definition) is 3. The van der Waals surface area contributed by atoms with Crippen molar-refractivity contribution in [3.63, 3.8) is 0 Å². The summed E-state index contributed by atoms with van der Waals surface area (Å²) in [5, 5.41) is 17.5. The topological polar surface area (TPSA) is 94.0 Å². The highest BCUT2D eigenvalue weighted by Crippen LogP contribution is 2.31. The molecule has 3 amide bonds. The molecule has 0 atom stereocenters. The molecule has 0 aromatic heterocycles. The molecule has 2 aromatic rings. The van der Waals surface area contributed by atoms with Crippen LogP contribution in [0.2, 0.25) is 0 Å². The fraction of sp³-hybridized carbons (Fsp3) is 0.286. The SMILES string of the molecule is N#Cc1cccc(NC(=O)C2(NC(=O)NCc3ccccc3)CCCC2)c1. The molecule has 3 rings (SSSR count). The minimum atomic E-state index is -0.927. The molecule has 3 N–H and O–H groups in total. The third-order valence-electron chi connectivity index (χ3n) is 4.79. The van der Waals surface area contributed by atoms with E-state index in [1.807, 2.05) is 30.3 Å². The van der Waals surface area contributed by atoms with Gasteiger partial charge in [0.1, 0.15) is 5.54 Å². The number of rotatable bonds is 5. The largest absolute Gasteiger partial charge is 0.334 e. The van der Waals surface area contributed by atoms with Crippen molar-refractivity contribution < 1.29 is 9.59 Å². The number of nitrogens with one attached hydrogen (secondary N) is 3. The van der Waals surface area contributed by atoms with E-state index in [-0.39, 0.29) is 11.9 Å². The molecule has 2 aromatic carbocycles. The molecule has 6 heteroatoms. The number of benzene rings is 2. The second-order valence-electron chi connectivity index (χ2n) is 6.73. The zero-order chi connectivity index (χ0) is 19.1. The smallest absolute Gasteiger partial charge is 0.315 e. The zero-order valence-electron chi connectivity index (χ0n) is 15.0. The number of carbonyl (C=O) groups is 2. The first-order valence-electron chi connectivity index (χ1n) is 9.03. The van der Waals surface area contributed by atoms with Crippen LogP contribution in [0.3, 0.4) is 0 Å². The van der Waals surface area contributed by atoms with Gasteiger partial charge in [-0.1, -0.05) is 49.2 Å². The summed E-state index contributed by atoms with van der Waals surface area (Å²) in [4.78, 5) is 25.3. The minimum absolute atomic E-state index is 0.245. The lowest BCUT2D eigenvalue weighted by Gasteiger charge is -2.29. The summed E-state index contributed by atoms with van der Waals surface area (Å²) in [5.74, 6) is -0.245. The number of nitriles is 1. The summed E-state index contributed by atoms with van der Waals surface area (Å²) in [6.07, 6.45) is 2.94. The summed E-state index contributed by atoms with van der Waals surface area (Å²) < 4.78 is 0. The molecule has 0 bridgehead atoms. The Kier molecular flexibility index (Phi) is 5.72. The van der Waals surface area contributed by atoms with Gasteiger partial charge in [-0.15, -0.1) is 0 Å². The van der Waals surface area contributed by atoms with Crippen LogP contribution in [-0.4, -0.2) is 17.5 Å². The highest BCUT2D eigenvalue weighted by molar-refractivity contribution is 6.00. The van der Waals surface area contributed by atoms with E-state index in [2.05, 4.69) is 22.0 Å². The molecule has 0 unspecified atom stereocenters. The van der Waals surface area contributed by atoms with Crippen molar-refractivity contribution in [2.75, 3.05) is 5.32 Å². The van der Waals surface area contributed by atoms with Gasteiger partial charge in [-0.05, 0) is 36.6 Å². The fourth-order valence-corrected chi connectivity index (χ4v) is 3.34. The molecular weight excluding hydrogens is 340 g/mol. The summed E-state index contributed by atoms with van der Waals surface area (Å²) in [5.41, 5.74) is 1.09. The second-order valence-corrected chi connectivity index (χ2v) is 6.73. The van der Waals surface area contributed by atoms with Gasteiger partial charge >= 0.3 is 6.03 Å². The number of nitrogens with zero attached hydrogens (tertiary/aromatic N) is 1. The van der Waals surface area contributed by atoms with Crippen LogP contribution in [0.15, 0.2) is 54.6 Å². The van der Waals surface area contributed by atoms with E-state index in [1.165, 1.54) is 0 Å². The normalized spacial score (nSPS) is 14.8. The third kappa shape index (κ3) is 4.64. The Bertz CT molecular complexity index is 852. The fourth-order valence-electron chi connectivity index (χ4n) is 3.34. The second kappa shape index (κ2) is 8.37. The van der Waals surface area contributed by atoms with Crippen molar-refractivity contribution in [3.8, 4) is 6.07 Å². The lowest BCUT2D eigenvalue weighted by Crippen LogP contribution is -2.57. The summed E-state index contributed by atoms with van der Waals surface area (Å²) in [6, 6.07) is 18.0. The van der Waals surface area contributed by atoms with Crippen LogP contribution in [0.25, 0.3) is 0 Å². The Labute approximate surface area is 158 Å². The van der Waals surface area contributed by atoms with Crippen molar-refractivity contribution in [1.82, 2.24) is 10.6 Å². The van der Waals surface area contributed by atoms with E-state index in [0.29, 0.717) is 30.6 Å². The highest BCUT2D eigenvalue weighted by Gasteiger charge is 2.42. The number of anilines is 1. The molecule has 0 spiro atoms. The number of hydrogen-bond acceptors (Lipinski definition) is 3. The first kappa shape index (κ1) is 18.5. The predicted octanol–water partition coefficient (Wildman–Crippen LogP) is 3.31. The summed E-state index contributed by atoms with van der Waals surface area (Å²) >= 11 is 0. The van der Waals surface area contributed by atoms with Crippen LogP contribution in [0.5, 0.6) is 0 Å². The maximum absolute atomic E-state index is 12.9. The van der Waals surface area contributed by atoms with Crippen LogP contribution in [0.4, 0.5) is 10.5 Å². The first-order chi connectivity index (χ1) is 13.1. The van der Waals surface area contributed by atoms with Crippen LogP contribution in [-0.2, 0) is 11.3 Å².